The van der Waals surface area contributed by atoms with Gasteiger partial charge in [-0.1, -0.05) is 24.3 Å². The molecule has 0 spiro atoms. The molecule has 226 valence electrons. The van der Waals surface area contributed by atoms with Gasteiger partial charge in [0, 0.05) is 36.7 Å². The zero-order valence-corrected chi connectivity index (χ0v) is 23.3. The zero-order chi connectivity index (χ0) is 30.0. The number of nitrogens with zero attached hydrogens (tertiary/aromatic N) is 4. The van der Waals surface area contributed by atoms with Crippen molar-refractivity contribution in [3.63, 3.8) is 0 Å². The van der Waals surface area contributed by atoms with Crippen LogP contribution < -0.4 is 19.1 Å². The predicted octanol–water partition coefficient (Wildman–Crippen LogP) is 6.92. The topological polar surface area (TPSA) is 91.9 Å². The van der Waals surface area contributed by atoms with Gasteiger partial charge in [0.25, 0.3) is 0 Å². The molecule has 0 amide bonds. The minimum Gasteiger partial charge on any atom is -0.490 e. The summed E-state index contributed by atoms with van der Waals surface area (Å²) in [5.74, 6) is 0.891. The number of fused-ring (bicyclic) bond motifs is 2. The number of anilines is 1. The largest absolute Gasteiger partial charge is 0.573 e. The molecule has 6 rings (SSSR count). The summed E-state index contributed by atoms with van der Waals surface area (Å²) in [5.41, 5.74) is 2.19. The van der Waals surface area contributed by atoms with E-state index in [4.69, 9.17) is 9.47 Å². The van der Waals surface area contributed by atoms with Crippen LogP contribution in [0.3, 0.4) is 0 Å². The Hall–Kier alpha value is -4.48. The van der Waals surface area contributed by atoms with Crippen molar-refractivity contribution in [1.29, 1.82) is 0 Å². The van der Waals surface area contributed by atoms with Crippen LogP contribution in [-0.4, -0.2) is 46.6 Å². The van der Waals surface area contributed by atoms with Gasteiger partial charge >= 0.3 is 18.2 Å². The number of aryl methyl sites for hydroxylation is 2. The molecule has 3 heterocycles. The minimum atomic E-state index is -4.67. The van der Waals surface area contributed by atoms with Gasteiger partial charge in [0.1, 0.15) is 30.4 Å². The number of ether oxygens (including phenoxy) is 3. The molecule has 2 aliphatic rings. The molecule has 2 aliphatic heterocycles. The maximum Gasteiger partial charge on any atom is 0.573 e. The molecule has 0 N–H and O–H groups in total. The summed E-state index contributed by atoms with van der Waals surface area (Å²) in [6.07, 6.45) is 1.11. The number of aromatic nitrogens is 2. The summed E-state index contributed by atoms with van der Waals surface area (Å²) in [6, 6.07) is 18.8. The number of imidazole rings is 1. The number of halogens is 3. The predicted molar refractivity (Wildman–Crippen MR) is 154 cm³/mol. The van der Waals surface area contributed by atoms with Crippen LogP contribution in [0.1, 0.15) is 31.2 Å². The molecule has 0 unspecified atom stereocenters. The summed E-state index contributed by atoms with van der Waals surface area (Å²) in [7, 11) is 0. The number of hydrogen-bond donors (Lipinski definition) is 0. The summed E-state index contributed by atoms with van der Waals surface area (Å²) in [5, 5.41) is 13.2. The molecular weight excluding hydrogens is 565 g/mol. The lowest BCUT2D eigenvalue weighted by Crippen LogP contribution is -2.33. The second-order valence-corrected chi connectivity index (χ2v) is 11.0. The fraction of sp³-hybridized carbons (Fsp3) is 0.387. The maximum absolute atomic E-state index is 12.4. The third-order valence-corrected chi connectivity index (χ3v) is 8.09. The van der Waals surface area contributed by atoms with Crippen LogP contribution >= 0.6 is 0 Å². The highest BCUT2D eigenvalue weighted by Crippen LogP contribution is 2.31. The average molecular weight is 597 g/mol. The van der Waals surface area contributed by atoms with Gasteiger partial charge < -0.3 is 29.2 Å². The molecule has 43 heavy (non-hydrogen) atoms. The van der Waals surface area contributed by atoms with Gasteiger partial charge in [0.15, 0.2) is 0 Å². The van der Waals surface area contributed by atoms with E-state index in [1.807, 2.05) is 18.2 Å². The molecule has 1 aromatic heterocycles. The lowest BCUT2D eigenvalue weighted by molar-refractivity contribution is -0.389. The summed E-state index contributed by atoms with van der Waals surface area (Å²) in [4.78, 5) is 16.8. The number of piperidine rings is 1. The first-order valence-corrected chi connectivity index (χ1v) is 14.3. The molecule has 9 nitrogen and oxygen atoms in total. The molecule has 1 fully saturated rings. The Morgan fingerprint density at radius 1 is 0.953 bits per heavy atom. The van der Waals surface area contributed by atoms with Crippen molar-refractivity contribution < 1.29 is 32.3 Å². The van der Waals surface area contributed by atoms with Gasteiger partial charge in [-0.15, -0.1) is 13.2 Å². The minimum absolute atomic E-state index is 0.191. The molecule has 0 radical (unpaired) electrons. The van der Waals surface area contributed by atoms with E-state index in [-0.39, 0.29) is 23.7 Å². The lowest BCUT2D eigenvalue weighted by Gasteiger charge is -2.34. The average Bonchev–Trinajstić information content (AvgIpc) is 3.43. The number of rotatable bonds is 9. The van der Waals surface area contributed by atoms with Gasteiger partial charge in [-0.05, 0) is 89.3 Å². The molecule has 0 saturated carbocycles. The van der Waals surface area contributed by atoms with Crippen molar-refractivity contribution in [3.05, 3.63) is 82.5 Å². The summed E-state index contributed by atoms with van der Waals surface area (Å²) in [6.45, 7) is 2.81. The van der Waals surface area contributed by atoms with E-state index in [1.165, 1.54) is 24.0 Å². The monoisotopic (exact) mass is 596 g/mol. The quantitative estimate of drug-likeness (QED) is 0.153. The third-order valence-electron chi connectivity index (χ3n) is 8.09. The number of alkyl halides is 3. The van der Waals surface area contributed by atoms with Crippen molar-refractivity contribution in [2.75, 3.05) is 24.6 Å². The standard InChI is InChI=1S/C31H31F3N4O5/c32-31(33,34)43-26-8-3-21(4-9-26)1-2-22-11-14-36(15-12-22)25-7-5-24-18-27(10-6-23(24)17-25)41-20-28-13-16-37-19-29(38(39)40)35-30(37)42-28/h3-10,17-19,22,28H,1-2,11-16,20H2/t28-/m1/s1. The molecule has 4 aromatic rings. The Balaban J connectivity index is 0.976. The van der Waals surface area contributed by atoms with E-state index in [2.05, 4.69) is 32.8 Å². The van der Waals surface area contributed by atoms with Gasteiger partial charge in [-0.25, -0.2) is 0 Å². The SMILES string of the molecule is O=[N+]([O-])c1cn2c(n1)O[C@@H](COc1ccc3cc(N4CCC(CCc5ccc(OC(F)(F)F)cc5)CC4)ccc3c1)CC2. The zero-order valence-electron chi connectivity index (χ0n) is 23.3. The molecule has 3 aromatic carbocycles. The first-order chi connectivity index (χ1) is 20.7. The Bertz CT molecular complexity index is 1580. The van der Waals surface area contributed by atoms with Gasteiger partial charge in [0.05, 0.1) is 0 Å². The summed E-state index contributed by atoms with van der Waals surface area (Å²) < 4.78 is 54.5. The first-order valence-electron chi connectivity index (χ1n) is 14.3. The van der Waals surface area contributed by atoms with Crippen LogP contribution in [0.15, 0.2) is 66.9 Å². The highest BCUT2D eigenvalue weighted by Gasteiger charge is 2.31. The molecule has 0 bridgehead atoms. The second-order valence-electron chi connectivity index (χ2n) is 11.0. The Morgan fingerprint density at radius 3 is 2.42 bits per heavy atom. The van der Waals surface area contributed by atoms with E-state index in [1.54, 1.807) is 16.7 Å². The number of hydrogen-bond acceptors (Lipinski definition) is 7. The number of nitro groups is 1. The molecular formula is C31H31F3N4O5. The maximum atomic E-state index is 12.4. The van der Waals surface area contributed by atoms with Crippen molar-refractivity contribution in [1.82, 2.24) is 9.55 Å². The van der Waals surface area contributed by atoms with Crippen LogP contribution in [0.2, 0.25) is 0 Å². The highest BCUT2D eigenvalue weighted by atomic mass is 19.4. The van der Waals surface area contributed by atoms with E-state index in [0.29, 0.717) is 25.5 Å². The molecule has 1 saturated heterocycles. The first kappa shape index (κ1) is 28.6. The summed E-state index contributed by atoms with van der Waals surface area (Å²) >= 11 is 0. The van der Waals surface area contributed by atoms with Crippen LogP contribution in [-0.2, 0) is 13.0 Å². The van der Waals surface area contributed by atoms with Crippen LogP contribution in [0.5, 0.6) is 17.5 Å². The lowest BCUT2D eigenvalue weighted by atomic mass is 9.90. The van der Waals surface area contributed by atoms with Gasteiger partial charge in [-0.2, -0.15) is 0 Å². The van der Waals surface area contributed by atoms with E-state index >= 15 is 0 Å². The highest BCUT2D eigenvalue weighted by molar-refractivity contribution is 5.87. The van der Waals surface area contributed by atoms with Gasteiger partial charge in [-0.3, -0.25) is 4.57 Å². The van der Waals surface area contributed by atoms with E-state index in [0.717, 1.165) is 60.9 Å². The Morgan fingerprint density at radius 2 is 1.67 bits per heavy atom. The van der Waals surface area contributed by atoms with E-state index < -0.39 is 11.3 Å². The molecule has 1 atom stereocenters. The van der Waals surface area contributed by atoms with Crippen molar-refractivity contribution in [2.45, 2.75) is 51.1 Å². The van der Waals surface area contributed by atoms with Crippen molar-refractivity contribution in [3.8, 4) is 17.5 Å². The Labute approximate surface area is 245 Å². The Kier molecular flexibility index (Phi) is 8.00. The molecule has 0 aliphatic carbocycles. The smallest absolute Gasteiger partial charge is 0.490 e. The second kappa shape index (κ2) is 12.0. The normalized spacial score (nSPS) is 17.4. The van der Waals surface area contributed by atoms with Crippen LogP contribution in [0.4, 0.5) is 24.7 Å². The molecule has 12 heteroatoms. The number of benzene rings is 3. The van der Waals surface area contributed by atoms with Gasteiger partial charge in [0.2, 0.25) is 0 Å². The fourth-order valence-corrected chi connectivity index (χ4v) is 5.73. The van der Waals surface area contributed by atoms with Crippen LogP contribution in [0.25, 0.3) is 10.8 Å². The van der Waals surface area contributed by atoms with E-state index in [9.17, 15) is 23.3 Å². The fourth-order valence-electron chi connectivity index (χ4n) is 5.73. The van der Waals surface area contributed by atoms with Crippen LogP contribution in [0, 0.1) is 16.0 Å². The van der Waals surface area contributed by atoms with Crippen molar-refractivity contribution >= 4 is 22.3 Å². The third kappa shape index (κ3) is 7.12. The van der Waals surface area contributed by atoms with Crippen molar-refractivity contribution in [2.24, 2.45) is 5.92 Å².